The largest absolute Gasteiger partial charge is 0.0654 e. The maximum Gasteiger partial charge on any atom is -0.00239 e. The van der Waals surface area contributed by atoms with Crippen LogP contribution in [-0.4, -0.2) is 0 Å². The molecule has 0 radical (unpaired) electrons. The lowest BCUT2D eigenvalue weighted by Gasteiger charge is -2.14. The molecular weight excluding hydrogens is 276 g/mol. The number of hydrogen-bond acceptors (Lipinski definition) is 0. The molecule has 0 amide bonds. The van der Waals surface area contributed by atoms with E-state index in [1.807, 2.05) is 0 Å². The van der Waals surface area contributed by atoms with Crippen LogP contribution in [0.25, 0.3) is 32.3 Å². The summed E-state index contributed by atoms with van der Waals surface area (Å²) in [6.45, 7) is 4.53. The zero-order valence-corrected chi connectivity index (χ0v) is 14.2. The molecule has 0 saturated heterocycles. The second-order valence-corrected chi connectivity index (χ2v) is 6.89. The molecule has 4 aromatic rings. The lowest BCUT2D eigenvalue weighted by atomic mass is 9.89. The lowest BCUT2D eigenvalue weighted by molar-refractivity contribution is 0.667. The molecule has 4 aromatic carbocycles. The fourth-order valence-corrected chi connectivity index (χ4v) is 3.98. The molecule has 0 aliphatic carbocycles. The van der Waals surface area contributed by atoms with E-state index in [0.717, 1.165) is 0 Å². The SMILES string of the molecule is CCCCCCc1cc2ccc3cccc4cc(C)c(c1)c2c34. The van der Waals surface area contributed by atoms with Crippen LogP contribution in [0.3, 0.4) is 0 Å². The molecule has 0 aromatic heterocycles. The van der Waals surface area contributed by atoms with Crippen molar-refractivity contribution in [3.8, 4) is 0 Å². The minimum Gasteiger partial charge on any atom is -0.0654 e. The Morgan fingerprint density at radius 3 is 2.39 bits per heavy atom. The number of aryl methyl sites for hydroxylation is 2. The summed E-state index contributed by atoms with van der Waals surface area (Å²) in [6, 6.07) is 18.4. The van der Waals surface area contributed by atoms with Crippen LogP contribution in [0.5, 0.6) is 0 Å². The predicted octanol–water partition coefficient (Wildman–Crippen LogP) is 7.02. The summed E-state index contributed by atoms with van der Waals surface area (Å²) in [5.74, 6) is 0. The van der Waals surface area contributed by atoms with Gasteiger partial charge in [-0.05, 0) is 63.2 Å². The summed E-state index contributed by atoms with van der Waals surface area (Å²) in [7, 11) is 0. The molecule has 0 aliphatic heterocycles. The molecule has 0 atom stereocenters. The molecule has 0 bridgehead atoms. The quantitative estimate of drug-likeness (QED) is 0.274. The van der Waals surface area contributed by atoms with Crippen molar-refractivity contribution in [1.82, 2.24) is 0 Å². The highest BCUT2D eigenvalue weighted by Gasteiger charge is 2.11. The van der Waals surface area contributed by atoms with Gasteiger partial charge in [0.15, 0.2) is 0 Å². The summed E-state index contributed by atoms with van der Waals surface area (Å²) in [5.41, 5.74) is 2.90. The van der Waals surface area contributed by atoms with Gasteiger partial charge < -0.3 is 0 Å². The standard InChI is InChI=1S/C23H24/c1-3-4-5-6-8-17-14-20-12-11-18-9-7-10-19-13-16(2)21(15-17)23(20)22(18)19/h7,9-15H,3-6,8H2,1-2H3. The summed E-state index contributed by atoms with van der Waals surface area (Å²) in [6.07, 6.45) is 6.52. The Hall–Kier alpha value is -2.08. The molecule has 0 N–H and O–H groups in total. The number of unbranched alkanes of at least 4 members (excludes halogenated alkanes) is 3. The van der Waals surface area contributed by atoms with Crippen LogP contribution in [0.1, 0.15) is 43.7 Å². The van der Waals surface area contributed by atoms with E-state index in [0.29, 0.717) is 0 Å². The van der Waals surface area contributed by atoms with Gasteiger partial charge in [0.2, 0.25) is 0 Å². The third-order valence-electron chi connectivity index (χ3n) is 5.17. The van der Waals surface area contributed by atoms with E-state index < -0.39 is 0 Å². The molecule has 0 saturated carbocycles. The Bertz CT molecular complexity index is 962. The Morgan fingerprint density at radius 1 is 0.739 bits per heavy atom. The summed E-state index contributed by atoms with van der Waals surface area (Å²) < 4.78 is 0. The van der Waals surface area contributed by atoms with E-state index in [1.54, 1.807) is 0 Å². The maximum absolute atomic E-state index is 2.44. The lowest BCUT2D eigenvalue weighted by Crippen LogP contribution is -1.91. The van der Waals surface area contributed by atoms with E-state index in [-0.39, 0.29) is 0 Å². The Labute approximate surface area is 138 Å². The van der Waals surface area contributed by atoms with Crippen LogP contribution in [0.2, 0.25) is 0 Å². The van der Waals surface area contributed by atoms with E-state index >= 15 is 0 Å². The zero-order chi connectivity index (χ0) is 15.8. The first-order valence-corrected chi connectivity index (χ1v) is 8.95. The zero-order valence-electron chi connectivity index (χ0n) is 14.2. The summed E-state index contributed by atoms with van der Waals surface area (Å²) in [4.78, 5) is 0. The van der Waals surface area contributed by atoms with Crippen LogP contribution >= 0.6 is 0 Å². The van der Waals surface area contributed by atoms with Crippen LogP contribution in [0.4, 0.5) is 0 Å². The monoisotopic (exact) mass is 300 g/mol. The first-order chi connectivity index (χ1) is 11.3. The highest BCUT2D eigenvalue weighted by Crippen LogP contribution is 2.37. The third kappa shape index (κ3) is 2.47. The molecule has 0 aliphatic rings. The van der Waals surface area contributed by atoms with Gasteiger partial charge in [-0.2, -0.15) is 0 Å². The van der Waals surface area contributed by atoms with E-state index in [4.69, 9.17) is 0 Å². The molecular formula is C23H24. The average Bonchev–Trinajstić information content (AvgIpc) is 2.57. The van der Waals surface area contributed by atoms with Crippen LogP contribution in [0, 0.1) is 6.92 Å². The van der Waals surface area contributed by atoms with Gasteiger partial charge in [0.05, 0.1) is 0 Å². The fourth-order valence-electron chi connectivity index (χ4n) is 3.98. The molecule has 0 heteroatoms. The van der Waals surface area contributed by atoms with Gasteiger partial charge in [0, 0.05) is 0 Å². The van der Waals surface area contributed by atoms with Crippen molar-refractivity contribution in [2.75, 3.05) is 0 Å². The topological polar surface area (TPSA) is 0 Å². The molecule has 23 heavy (non-hydrogen) atoms. The minimum atomic E-state index is 1.20. The van der Waals surface area contributed by atoms with Crippen molar-refractivity contribution >= 4 is 32.3 Å². The van der Waals surface area contributed by atoms with Crippen LogP contribution < -0.4 is 0 Å². The maximum atomic E-state index is 2.44. The van der Waals surface area contributed by atoms with Crippen LogP contribution in [-0.2, 0) is 6.42 Å². The summed E-state index contributed by atoms with van der Waals surface area (Å²) >= 11 is 0. The first kappa shape index (κ1) is 14.5. The van der Waals surface area contributed by atoms with Gasteiger partial charge in [-0.1, -0.05) is 74.7 Å². The van der Waals surface area contributed by atoms with Gasteiger partial charge in [-0.3, -0.25) is 0 Å². The molecule has 4 rings (SSSR count). The van der Waals surface area contributed by atoms with Gasteiger partial charge in [-0.25, -0.2) is 0 Å². The van der Waals surface area contributed by atoms with Gasteiger partial charge in [-0.15, -0.1) is 0 Å². The van der Waals surface area contributed by atoms with Crippen molar-refractivity contribution in [2.45, 2.75) is 46.0 Å². The Balaban J connectivity index is 1.89. The average molecular weight is 300 g/mol. The van der Waals surface area contributed by atoms with E-state index in [9.17, 15) is 0 Å². The normalized spacial score (nSPS) is 11.9. The molecule has 0 unspecified atom stereocenters. The number of rotatable bonds is 5. The first-order valence-electron chi connectivity index (χ1n) is 8.95. The van der Waals surface area contributed by atoms with Crippen molar-refractivity contribution < 1.29 is 0 Å². The van der Waals surface area contributed by atoms with Crippen molar-refractivity contribution in [1.29, 1.82) is 0 Å². The van der Waals surface area contributed by atoms with Crippen molar-refractivity contribution in [3.63, 3.8) is 0 Å². The van der Waals surface area contributed by atoms with Gasteiger partial charge in [0.25, 0.3) is 0 Å². The molecule has 0 fully saturated rings. The fraction of sp³-hybridized carbons (Fsp3) is 0.304. The predicted molar refractivity (Wildman–Crippen MR) is 103 cm³/mol. The van der Waals surface area contributed by atoms with Crippen molar-refractivity contribution in [3.05, 3.63) is 59.7 Å². The van der Waals surface area contributed by atoms with E-state index in [1.165, 1.54) is 75.5 Å². The van der Waals surface area contributed by atoms with Crippen molar-refractivity contribution in [2.24, 2.45) is 0 Å². The summed E-state index contributed by atoms with van der Waals surface area (Å²) in [5, 5.41) is 8.46. The second kappa shape index (κ2) is 5.85. The molecule has 0 nitrogen and oxygen atoms in total. The number of hydrogen-bond donors (Lipinski definition) is 0. The Morgan fingerprint density at radius 2 is 1.52 bits per heavy atom. The minimum absolute atomic E-state index is 1.20. The van der Waals surface area contributed by atoms with E-state index in [2.05, 4.69) is 62.4 Å². The number of benzene rings is 4. The molecule has 0 heterocycles. The molecule has 116 valence electrons. The van der Waals surface area contributed by atoms with Gasteiger partial charge >= 0.3 is 0 Å². The van der Waals surface area contributed by atoms with Crippen LogP contribution in [0.15, 0.2) is 48.5 Å². The third-order valence-corrected chi connectivity index (χ3v) is 5.17. The highest BCUT2D eigenvalue weighted by atomic mass is 14.1. The smallest absolute Gasteiger partial charge is 0.00239 e. The van der Waals surface area contributed by atoms with Gasteiger partial charge in [0.1, 0.15) is 0 Å². The Kier molecular flexibility index (Phi) is 3.69. The second-order valence-electron chi connectivity index (χ2n) is 6.89. The molecule has 0 spiro atoms. The highest BCUT2D eigenvalue weighted by molar-refractivity contribution is 6.23.